The van der Waals surface area contributed by atoms with Crippen molar-refractivity contribution in [3.05, 3.63) is 23.8 Å². The first-order chi connectivity index (χ1) is 9.99. The van der Waals surface area contributed by atoms with Crippen LogP contribution in [0, 0.1) is 11.8 Å². The zero-order chi connectivity index (χ0) is 15.4. The minimum absolute atomic E-state index is 0.0145. The zero-order valence-electron chi connectivity index (χ0n) is 13.1. The molecule has 0 heterocycles. The third kappa shape index (κ3) is 4.13. The molecule has 0 saturated heterocycles. The Morgan fingerprint density at radius 2 is 2.00 bits per heavy atom. The van der Waals surface area contributed by atoms with Gasteiger partial charge in [0.1, 0.15) is 11.9 Å². The summed E-state index contributed by atoms with van der Waals surface area (Å²) < 4.78 is 11.0. The van der Waals surface area contributed by atoms with Gasteiger partial charge in [0.05, 0.1) is 12.2 Å². The molecule has 0 radical (unpaired) electrons. The van der Waals surface area contributed by atoms with E-state index in [1.165, 1.54) is 0 Å². The monoisotopic (exact) mass is 291 g/mol. The van der Waals surface area contributed by atoms with Gasteiger partial charge in [-0.05, 0) is 50.2 Å². The minimum atomic E-state index is -0.310. The average Bonchev–Trinajstić information content (AvgIpc) is 2.42. The molecule has 4 nitrogen and oxygen atoms in total. The summed E-state index contributed by atoms with van der Waals surface area (Å²) in [6, 6.07) is 5.04. The number of carbonyl (C=O) groups is 1. The number of benzene rings is 1. The molecule has 0 amide bonds. The fourth-order valence-electron chi connectivity index (χ4n) is 2.81. The number of hydrogen-bond acceptors (Lipinski definition) is 4. The Bertz CT molecular complexity index is 501. The van der Waals surface area contributed by atoms with Gasteiger partial charge < -0.3 is 15.2 Å². The Labute approximate surface area is 126 Å². The molecule has 0 bridgehead atoms. The average molecular weight is 291 g/mol. The van der Waals surface area contributed by atoms with Crippen molar-refractivity contribution in [1.82, 2.24) is 0 Å². The highest BCUT2D eigenvalue weighted by atomic mass is 16.5. The SMILES string of the molecule is CCOc1cc(N)cc(C(=O)OC2CCC(C)C(C)C2)c1. The molecule has 0 spiro atoms. The van der Waals surface area contributed by atoms with Gasteiger partial charge in [0.25, 0.3) is 0 Å². The normalized spacial score (nSPS) is 25.4. The molecule has 2 N–H and O–H groups in total. The summed E-state index contributed by atoms with van der Waals surface area (Å²) in [7, 11) is 0. The Balaban J connectivity index is 2.03. The largest absolute Gasteiger partial charge is 0.494 e. The number of esters is 1. The van der Waals surface area contributed by atoms with Crippen molar-refractivity contribution >= 4 is 11.7 Å². The van der Waals surface area contributed by atoms with Crippen LogP contribution in [0.25, 0.3) is 0 Å². The van der Waals surface area contributed by atoms with Gasteiger partial charge >= 0.3 is 5.97 Å². The molecule has 21 heavy (non-hydrogen) atoms. The van der Waals surface area contributed by atoms with Crippen LogP contribution < -0.4 is 10.5 Å². The molecule has 3 atom stereocenters. The van der Waals surface area contributed by atoms with Crippen molar-refractivity contribution in [1.29, 1.82) is 0 Å². The van der Waals surface area contributed by atoms with Gasteiger partial charge in [0.2, 0.25) is 0 Å². The van der Waals surface area contributed by atoms with Crippen molar-refractivity contribution < 1.29 is 14.3 Å². The van der Waals surface area contributed by atoms with Crippen LogP contribution in [0.3, 0.4) is 0 Å². The summed E-state index contributed by atoms with van der Waals surface area (Å²) >= 11 is 0. The van der Waals surface area contributed by atoms with Gasteiger partial charge in [0.15, 0.2) is 0 Å². The van der Waals surface area contributed by atoms with Crippen molar-refractivity contribution in [2.75, 3.05) is 12.3 Å². The summed E-state index contributed by atoms with van der Waals surface area (Å²) in [4.78, 5) is 12.3. The molecule has 1 aliphatic carbocycles. The third-order valence-electron chi connectivity index (χ3n) is 4.30. The van der Waals surface area contributed by atoms with Crippen molar-refractivity contribution in [2.45, 2.75) is 46.1 Å². The van der Waals surface area contributed by atoms with Crippen LogP contribution in [0.4, 0.5) is 5.69 Å². The van der Waals surface area contributed by atoms with E-state index >= 15 is 0 Å². The molecule has 4 heteroatoms. The Hall–Kier alpha value is -1.71. The van der Waals surface area contributed by atoms with Crippen LogP contribution in [0.5, 0.6) is 5.75 Å². The highest BCUT2D eigenvalue weighted by molar-refractivity contribution is 5.91. The molecule has 1 aliphatic rings. The lowest BCUT2D eigenvalue weighted by Crippen LogP contribution is -2.28. The number of rotatable bonds is 4. The molecule has 1 aromatic carbocycles. The maximum atomic E-state index is 12.3. The summed E-state index contributed by atoms with van der Waals surface area (Å²) in [5, 5.41) is 0. The summed E-state index contributed by atoms with van der Waals surface area (Å²) in [5.41, 5.74) is 6.79. The van der Waals surface area contributed by atoms with Crippen LogP contribution in [-0.2, 0) is 4.74 Å². The molecular formula is C17H25NO3. The van der Waals surface area contributed by atoms with E-state index in [1.54, 1.807) is 18.2 Å². The van der Waals surface area contributed by atoms with Gasteiger partial charge in [-0.15, -0.1) is 0 Å². The maximum Gasteiger partial charge on any atom is 0.338 e. The van der Waals surface area contributed by atoms with Crippen LogP contribution in [-0.4, -0.2) is 18.7 Å². The number of nitrogens with two attached hydrogens (primary N) is 1. The second-order valence-electron chi connectivity index (χ2n) is 6.02. The van der Waals surface area contributed by atoms with E-state index < -0.39 is 0 Å². The van der Waals surface area contributed by atoms with E-state index in [0.29, 0.717) is 35.4 Å². The molecule has 2 rings (SSSR count). The number of ether oxygens (including phenoxy) is 2. The van der Waals surface area contributed by atoms with Crippen molar-refractivity contribution in [2.24, 2.45) is 11.8 Å². The lowest BCUT2D eigenvalue weighted by molar-refractivity contribution is 0.00875. The van der Waals surface area contributed by atoms with Crippen molar-refractivity contribution in [3.8, 4) is 5.75 Å². The van der Waals surface area contributed by atoms with E-state index in [9.17, 15) is 4.79 Å². The Kier molecular flexibility index (Phi) is 5.10. The van der Waals surface area contributed by atoms with Crippen LogP contribution in [0.1, 0.15) is 50.4 Å². The Morgan fingerprint density at radius 1 is 1.24 bits per heavy atom. The molecular weight excluding hydrogens is 266 g/mol. The molecule has 0 aromatic heterocycles. The second kappa shape index (κ2) is 6.83. The van der Waals surface area contributed by atoms with E-state index in [0.717, 1.165) is 19.3 Å². The first kappa shape index (κ1) is 15.7. The van der Waals surface area contributed by atoms with Gasteiger partial charge in [-0.3, -0.25) is 0 Å². The highest BCUT2D eigenvalue weighted by Gasteiger charge is 2.27. The lowest BCUT2D eigenvalue weighted by Gasteiger charge is -2.31. The molecule has 1 aromatic rings. The zero-order valence-corrected chi connectivity index (χ0v) is 13.1. The number of hydrogen-bond donors (Lipinski definition) is 1. The fraction of sp³-hybridized carbons (Fsp3) is 0.588. The fourth-order valence-corrected chi connectivity index (χ4v) is 2.81. The predicted octanol–water partition coefficient (Wildman–Crippen LogP) is 3.65. The molecule has 3 unspecified atom stereocenters. The molecule has 0 aliphatic heterocycles. The summed E-state index contributed by atoms with van der Waals surface area (Å²) in [6.07, 6.45) is 3.01. The van der Waals surface area contributed by atoms with Crippen LogP contribution >= 0.6 is 0 Å². The van der Waals surface area contributed by atoms with Crippen molar-refractivity contribution in [3.63, 3.8) is 0 Å². The topological polar surface area (TPSA) is 61.5 Å². The van der Waals surface area contributed by atoms with Crippen LogP contribution in [0.2, 0.25) is 0 Å². The van der Waals surface area contributed by atoms with Gasteiger partial charge in [-0.2, -0.15) is 0 Å². The second-order valence-corrected chi connectivity index (χ2v) is 6.02. The molecule has 116 valence electrons. The number of nitrogen functional groups attached to an aromatic ring is 1. The predicted molar refractivity (Wildman–Crippen MR) is 83.4 cm³/mol. The first-order valence-corrected chi connectivity index (χ1v) is 7.74. The summed E-state index contributed by atoms with van der Waals surface area (Å²) in [6.45, 7) is 6.91. The minimum Gasteiger partial charge on any atom is -0.494 e. The highest BCUT2D eigenvalue weighted by Crippen LogP contribution is 2.31. The first-order valence-electron chi connectivity index (χ1n) is 7.74. The number of anilines is 1. The van der Waals surface area contributed by atoms with Gasteiger partial charge in [-0.1, -0.05) is 13.8 Å². The smallest absolute Gasteiger partial charge is 0.338 e. The van der Waals surface area contributed by atoms with E-state index in [1.807, 2.05) is 6.92 Å². The van der Waals surface area contributed by atoms with E-state index in [4.69, 9.17) is 15.2 Å². The maximum absolute atomic E-state index is 12.3. The Morgan fingerprint density at radius 3 is 2.67 bits per heavy atom. The number of carbonyl (C=O) groups excluding carboxylic acids is 1. The quantitative estimate of drug-likeness (QED) is 0.679. The van der Waals surface area contributed by atoms with E-state index in [2.05, 4.69) is 13.8 Å². The molecule has 1 saturated carbocycles. The van der Waals surface area contributed by atoms with E-state index in [-0.39, 0.29) is 12.1 Å². The third-order valence-corrected chi connectivity index (χ3v) is 4.30. The van der Waals surface area contributed by atoms with Gasteiger partial charge in [0, 0.05) is 11.8 Å². The summed E-state index contributed by atoms with van der Waals surface area (Å²) in [5.74, 6) is 1.60. The van der Waals surface area contributed by atoms with Crippen LogP contribution in [0.15, 0.2) is 18.2 Å². The van der Waals surface area contributed by atoms with Gasteiger partial charge in [-0.25, -0.2) is 4.79 Å². The lowest BCUT2D eigenvalue weighted by atomic mass is 9.80. The standard InChI is InChI=1S/C17H25NO3/c1-4-20-16-9-13(8-14(18)10-16)17(19)21-15-6-5-11(2)12(3)7-15/h8-12,15H,4-7,18H2,1-3H3. The molecule has 1 fully saturated rings.